The van der Waals surface area contributed by atoms with E-state index >= 15 is 0 Å². The van der Waals surface area contributed by atoms with Crippen molar-refractivity contribution < 1.29 is 14.7 Å². The fourth-order valence-electron chi connectivity index (χ4n) is 2.65. The average molecular weight is 283 g/mol. The van der Waals surface area contributed by atoms with Crippen LogP contribution in [0.1, 0.15) is 23.6 Å². The van der Waals surface area contributed by atoms with Gasteiger partial charge in [0.2, 0.25) is 0 Å². The minimum Gasteiger partial charge on any atom is -0.480 e. The van der Waals surface area contributed by atoms with Crippen molar-refractivity contribution in [3.8, 4) is 11.1 Å². The van der Waals surface area contributed by atoms with Crippen molar-refractivity contribution in [1.82, 2.24) is 5.48 Å². The maximum Gasteiger partial charge on any atom is 0.322 e. The first kappa shape index (κ1) is 13.8. The molecule has 4 heteroatoms. The first-order valence-corrected chi connectivity index (χ1v) is 6.96. The van der Waals surface area contributed by atoms with Crippen LogP contribution in [0, 0.1) is 0 Å². The molecule has 2 N–H and O–H groups in total. The Hall–Kier alpha value is -2.17. The van der Waals surface area contributed by atoms with Crippen LogP contribution < -0.4 is 5.48 Å². The van der Waals surface area contributed by atoms with E-state index in [0.717, 1.165) is 12.0 Å². The van der Waals surface area contributed by atoms with Crippen LogP contribution in [0.15, 0.2) is 42.5 Å². The van der Waals surface area contributed by atoms with Crippen molar-refractivity contribution in [2.45, 2.75) is 26.0 Å². The zero-order valence-electron chi connectivity index (χ0n) is 11.8. The van der Waals surface area contributed by atoms with Gasteiger partial charge in [-0.1, -0.05) is 42.5 Å². The summed E-state index contributed by atoms with van der Waals surface area (Å²) in [5, 5.41) is 8.81. The molecular weight excluding hydrogens is 266 g/mol. The summed E-state index contributed by atoms with van der Waals surface area (Å²) in [6, 6.07) is 13.8. The first-order chi connectivity index (χ1) is 10.2. The molecule has 0 aliphatic heterocycles. The normalized spacial score (nSPS) is 13.6. The molecule has 1 atom stereocenters. The van der Waals surface area contributed by atoms with Gasteiger partial charge in [0.05, 0.1) is 6.61 Å². The van der Waals surface area contributed by atoms with E-state index in [4.69, 9.17) is 9.94 Å². The van der Waals surface area contributed by atoms with E-state index in [9.17, 15) is 4.79 Å². The van der Waals surface area contributed by atoms with E-state index in [0.29, 0.717) is 6.61 Å². The van der Waals surface area contributed by atoms with Crippen LogP contribution in [-0.4, -0.2) is 17.1 Å². The molecule has 1 aliphatic rings. The summed E-state index contributed by atoms with van der Waals surface area (Å²) in [7, 11) is 0. The quantitative estimate of drug-likeness (QED) is 0.707. The molecule has 108 valence electrons. The number of hydrogen-bond donors (Lipinski definition) is 2. The Balaban J connectivity index is 1.76. The number of hydrogen-bond acceptors (Lipinski definition) is 3. The van der Waals surface area contributed by atoms with Crippen LogP contribution >= 0.6 is 0 Å². The monoisotopic (exact) mass is 283 g/mol. The van der Waals surface area contributed by atoms with E-state index in [2.05, 4.69) is 29.7 Å². The van der Waals surface area contributed by atoms with Crippen LogP contribution in [0.3, 0.4) is 0 Å². The lowest BCUT2D eigenvalue weighted by atomic mass is 10.0. The van der Waals surface area contributed by atoms with E-state index in [1.165, 1.54) is 22.3 Å². The van der Waals surface area contributed by atoms with E-state index < -0.39 is 12.0 Å². The molecule has 0 saturated carbocycles. The van der Waals surface area contributed by atoms with E-state index in [-0.39, 0.29) is 0 Å². The van der Waals surface area contributed by atoms with Crippen LogP contribution in [0.4, 0.5) is 0 Å². The average Bonchev–Trinajstić information content (AvgIpc) is 2.86. The zero-order chi connectivity index (χ0) is 14.8. The van der Waals surface area contributed by atoms with Crippen molar-refractivity contribution in [1.29, 1.82) is 0 Å². The van der Waals surface area contributed by atoms with Crippen molar-refractivity contribution in [2.24, 2.45) is 0 Å². The summed E-state index contributed by atoms with van der Waals surface area (Å²) in [4.78, 5) is 16.1. The topological polar surface area (TPSA) is 58.6 Å². The van der Waals surface area contributed by atoms with Crippen LogP contribution in [-0.2, 0) is 22.7 Å². The van der Waals surface area contributed by atoms with Gasteiger partial charge in [0.15, 0.2) is 0 Å². The van der Waals surface area contributed by atoms with Gasteiger partial charge < -0.3 is 5.11 Å². The van der Waals surface area contributed by atoms with Crippen molar-refractivity contribution in [2.75, 3.05) is 0 Å². The molecule has 0 amide bonds. The second-order valence-electron chi connectivity index (χ2n) is 5.24. The van der Waals surface area contributed by atoms with Crippen LogP contribution in [0.25, 0.3) is 11.1 Å². The molecule has 0 radical (unpaired) electrons. The number of rotatable bonds is 5. The van der Waals surface area contributed by atoms with Crippen molar-refractivity contribution >= 4 is 5.97 Å². The summed E-state index contributed by atoms with van der Waals surface area (Å²) < 4.78 is 0. The lowest BCUT2D eigenvalue weighted by Gasteiger charge is -2.12. The molecular formula is C17H17NO3. The smallest absolute Gasteiger partial charge is 0.322 e. The third-order valence-electron chi connectivity index (χ3n) is 3.81. The molecule has 0 fully saturated rings. The highest BCUT2D eigenvalue weighted by atomic mass is 16.6. The number of nitrogens with one attached hydrogen (secondary N) is 1. The second-order valence-corrected chi connectivity index (χ2v) is 5.24. The van der Waals surface area contributed by atoms with Gasteiger partial charge >= 0.3 is 5.97 Å². The Morgan fingerprint density at radius 1 is 1.24 bits per heavy atom. The molecule has 0 spiro atoms. The third-order valence-corrected chi connectivity index (χ3v) is 3.81. The second kappa shape index (κ2) is 5.68. The maximum absolute atomic E-state index is 10.7. The SMILES string of the molecule is CC(NOCc1cccc2c1Cc1ccccc1-2)C(=O)O. The lowest BCUT2D eigenvalue weighted by molar-refractivity contribution is -0.143. The van der Waals surface area contributed by atoms with Gasteiger partial charge in [-0.2, -0.15) is 5.48 Å². The highest BCUT2D eigenvalue weighted by Crippen LogP contribution is 2.38. The number of carbonyl (C=O) groups is 1. The Morgan fingerprint density at radius 3 is 2.81 bits per heavy atom. The van der Waals surface area contributed by atoms with Gasteiger partial charge in [-0.25, -0.2) is 0 Å². The van der Waals surface area contributed by atoms with Crippen LogP contribution in [0.2, 0.25) is 0 Å². The molecule has 0 saturated heterocycles. The molecule has 1 aliphatic carbocycles. The molecule has 2 aromatic rings. The molecule has 21 heavy (non-hydrogen) atoms. The number of carboxylic acid groups (broad SMARTS) is 1. The van der Waals surface area contributed by atoms with E-state index in [1.54, 1.807) is 6.92 Å². The van der Waals surface area contributed by atoms with Crippen molar-refractivity contribution in [3.63, 3.8) is 0 Å². The van der Waals surface area contributed by atoms with Gasteiger partial charge in [0, 0.05) is 0 Å². The summed E-state index contributed by atoms with van der Waals surface area (Å²) in [6.45, 7) is 1.91. The number of benzene rings is 2. The molecule has 0 bridgehead atoms. The largest absolute Gasteiger partial charge is 0.480 e. The third kappa shape index (κ3) is 2.68. The van der Waals surface area contributed by atoms with Crippen LogP contribution in [0.5, 0.6) is 0 Å². The Labute approximate surface area is 123 Å². The zero-order valence-corrected chi connectivity index (χ0v) is 11.8. The molecule has 1 unspecified atom stereocenters. The fourth-order valence-corrected chi connectivity index (χ4v) is 2.65. The fraction of sp³-hybridized carbons (Fsp3) is 0.235. The van der Waals surface area contributed by atoms with E-state index in [1.807, 2.05) is 18.2 Å². The molecule has 3 rings (SSSR count). The number of hydroxylamine groups is 1. The molecule has 0 aromatic heterocycles. The minimum atomic E-state index is -0.930. The Kier molecular flexibility index (Phi) is 3.73. The van der Waals surface area contributed by atoms with Crippen molar-refractivity contribution in [3.05, 3.63) is 59.2 Å². The Bertz CT molecular complexity index is 681. The minimum absolute atomic E-state index is 0.356. The van der Waals surface area contributed by atoms with Gasteiger partial charge in [-0.3, -0.25) is 9.63 Å². The highest BCUT2D eigenvalue weighted by Gasteiger charge is 2.20. The lowest BCUT2D eigenvalue weighted by Crippen LogP contribution is -2.33. The standard InChI is InChI=1S/C17H17NO3/c1-11(17(19)20)18-21-10-13-6-4-8-15-14-7-3-2-5-12(14)9-16(13)15/h2-8,11,18H,9-10H2,1H3,(H,19,20). The van der Waals surface area contributed by atoms with Gasteiger partial charge in [-0.15, -0.1) is 0 Å². The predicted octanol–water partition coefficient (Wildman–Crippen LogP) is 2.75. The van der Waals surface area contributed by atoms with Gasteiger partial charge in [0.25, 0.3) is 0 Å². The number of fused-ring (bicyclic) bond motifs is 3. The summed E-state index contributed by atoms with van der Waals surface area (Å²) in [6.07, 6.45) is 0.902. The van der Waals surface area contributed by atoms with Gasteiger partial charge in [0.1, 0.15) is 6.04 Å². The molecule has 0 heterocycles. The maximum atomic E-state index is 10.7. The predicted molar refractivity (Wildman–Crippen MR) is 79.7 cm³/mol. The summed E-state index contributed by atoms with van der Waals surface area (Å²) in [5.41, 5.74) is 8.75. The first-order valence-electron chi connectivity index (χ1n) is 6.96. The molecule has 2 aromatic carbocycles. The summed E-state index contributed by atoms with van der Waals surface area (Å²) >= 11 is 0. The number of carboxylic acids is 1. The summed E-state index contributed by atoms with van der Waals surface area (Å²) in [5.74, 6) is -0.930. The van der Waals surface area contributed by atoms with Gasteiger partial charge in [-0.05, 0) is 41.2 Å². The number of aliphatic carboxylic acids is 1. The highest BCUT2D eigenvalue weighted by molar-refractivity contribution is 5.77. The molecule has 4 nitrogen and oxygen atoms in total. The Morgan fingerprint density at radius 2 is 2.00 bits per heavy atom.